The fourth-order valence-electron chi connectivity index (χ4n) is 1.62. The van der Waals surface area contributed by atoms with Crippen molar-refractivity contribution >= 4 is 30.1 Å². The number of nitrogens with two attached hydrogens (primary N) is 1. The molecule has 0 aliphatic heterocycles. The lowest BCUT2D eigenvalue weighted by atomic mass is 10.0. The molecule has 0 fully saturated rings. The Labute approximate surface area is 141 Å². The SMILES string of the molecule is CC(C)C(N)CCN(C)C(=O)CSc1ccc(F)c(F)c1.Cl. The lowest BCUT2D eigenvalue weighted by molar-refractivity contribution is -0.127. The van der Waals surface area contributed by atoms with E-state index in [9.17, 15) is 13.6 Å². The zero-order chi connectivity index (χ0) is 16.0. The maximum atomic E-state index is 13.0. The van der Waals surface area contributed by atoms with Crippen LogP contribution in [0.25, 0.3) is 0 Å². The van der Waals surface area contributed by atoms with Crippen molar-refractivity contribution in [1.29, 1.82) is 0 Å². The van der Waals surface area contributed by atoms with Crippen molar-refractivity contribution in [3.63, 3.8) is 0 Å². The lowest BCUT2D eigenvalue weighted by Crippen LogP contribution is -2.35. The molecular formula is C15H23ClF2N2OS. The van der Waals surface area contributed by atoms with E-state index in [2.05, 4.69) is 0 Å². The van der Waals surface area contributed by atoms with Crippen LogP contribution in [0.4, 0.5) is 8.78 Å². The summed E-state index contributed by atoms with van der Waals surface area (Å²) in [6.45, 7) is 4.69. The second kappa shape index (κ2) is 10.0. The highest BCUT2D eigenvalue weighted by atomic mass is 35.5. The molecule has 1 atom stereocenters. The fraction of sp³-hybridized carbons (Fsp3) is 0.533. The van der Waals surface area contributed by atoms with E-state index < -0.39 is 11.6 Å². The lowest BCUT2D eigenvalue weighted by Gasteiger charge is -2.21. The molecule has 1 unspecified atom stereocenters. The first kappa shape index (κ1) is 21.1. The smallest absolute Gasteiger partial charge is 0.232 e. The molecule has 1 amide bonds. The average molecular weight is 353 g/mol. The number of hydrogen-bond donors (Lipinski definition) is 1. The van der Waals surface area contributed by atoms with Gasteiger partial charge in [0.05, 0.1) is 5.75 Å². The van der Waals surface area contributed by atoms with Gasteiger partial charge >= 0.3 is 0 Å². The van der Waals surface area contributed by atoms with Gasteiger partial charge in [0, 0.05) is 24.5 Å². The molecule has 2 N–H and O–H groups in total. The fourth-order valence-corrected chi connectivity index (χ4v) is 2.48. The minimum atomic E-state index is -0.899. The summed E-state index contributed by atoms with van der Waals surface area (Å²) in [7, 11) is 1.72. The number of nitrogens with zero attached hydrogens (tertiary/aromatic N) is 1. The molecule has 0 aromatic heterocycles. The van der Waals surface area contributed by atoms with Gasteiger partial charge in [0.25, 0.3) is 0 Å². The maximum Gasteiger partial charge on any atom is 0.232 e. The summed E-state index contributed by atoms with van der Waals surface area (Å²) in [4.78, 5) is 14.1. The van der Waals surface area contributed by atoms with Gasteiger partial charge < -0.3 is 10.6 Å². The number of benzene rings is 1. The molecule has 126 valence electrons. The van der Waals surface area contributed by atoms with E-state index >= 15 is 0 Å². The van der Waals surface area contributed by atoms with E-state index in [1.807, 2.05) is 13.8 Å². The topological polar surface area (TPSA) is 46.3 Å². The summed E-state index contributed by atoms with van der Waals surface area (Å²) in [6.07, 6.45) is 0.746. The number of halogens is 3. The van der Waals surface area contributed by atoms with Gasteiger partial charge in [-0.1, -0.05) is 13.8 Å². The summed E-state index contributed by atoms with van der Waals surface area (Å²) >= 11 is 1.19. The van der Waals surface area contributed by atoms with Gasteiger partial charge in [-0.15, -0.1) is 24.2 Å². The number of carbonyl (C=O) groups excluding carboxylic acids is 1. The molecule has 22 heavy (non-hydrogen) atoms. The normalized spacial score (nSPS) is 12.0. The molecule has 3 nitrogen and oxygen atoms in total. The van der Waals surface area contributed by atoms with Gasteiger partial charge in [-0.25, -0.2) is 8.78 Å². The van der Waals surface area contributed by atoms with Crippen molar-refractivity contribution < 1.29 is 13.6 Å². The molecule has 0 bridgehead atoms. The molecule has 1 aromatic rings. The summed E-state index contributed by atoms with van der Waals surface area (Å²) in [5.41, 5.74) is 5.94. The van der Waals surface area contributed by atoms with Crippen LogP contribution in [0.15, 0.2) is 23.1 Å². The van der Waals surface area contributed by atoms with Crippen LogP contribution in [0.5, 0.6) is 0 Å². The zero-order valence-electron chi connectivity index (χ0n) is 13.0. The van der Waals surface area contributed by atoms with Gasteiger partial charge in [0.2, 0.25) is 5.91 Å². The van der Waals surface area contributed by atoms with Gasteiger partial charge in [-0.3, -0.25) is 4.79 Å². The predicted molar refractivity (Wildman–Crippen MR) is 89.4 cm³/mol. The van der Waals surface area contributed by atoms with Crippen molar-refractivity contribution in [1.82, 2.24) is 4.90 Å². The minimum Gasteiger partial charge on any atom is -0.345 e. The second-order valence-corrected chi connectivity index (χ2v) is 6.43. The Balaban J connectivity index is 0.00000441. The van der Waals surface area contributed by atoms with Crippen LogP contribution in [0, 0.1) is 17.6 Å². The van der Waals surface area contributed by atoms with Crippen molar-refractivity contribution in [3.8, 4) is 0 Å². The van der Waals surface area contributed by atoms with E-state index in [0.29, 0.717) is 17.4 Å². The highest BCUT2D eigenvalue weighted by Gasteiger charge is 2.13. The Hall–Kier alpha value is -0.850. The summed E-state index contributed by atoms with van der Waals surface area (Å²) in [6, 6.07) is 3.69. The Kier molecular flexibility index (Phi) is 9.64. The standard InChI is InChI=1S/C15H22F2N2OS.ClH/c1-10(2)14(18)6-7-19(3)15(20)9-21-11-4-5-12(16)13(17)8-11;/h4-5,8,10,14H,6-7,9,18H2,1-3H3;1H. The van der Waals surface area contributed by atoms with E-state index in [4.69, 9.17) is 5.73 Å². The first-order valence-electron chi connectivity index (χ1n) is 6.88. The molecule has 7 heteroatoms. The number of hydrogen-bond acceptors (Lipinski definition) is 3. The van der Waals surface area contributed by atoms with Crippen LogP contribution < -0.4 is 5.73 Å². The van der Waals surface area contributed by atoms with Gasteiger partial charge in [-0.2, -0.15) is 0 Å². The third-order valence-corrected chi connectivity index (χ3v) is 4.31. The molecule has 0 saturated carbocycles. The number of carbonyl (C=O) groups is 1. The second-order valence-electron chi connectivity index (χ2n) is 5.38. The van der Waals surface area contributed by atoms with Gasteiger partial charge in [0.15, 0.2) is 11.6 Å². The molecule has 1 rings (SSSR count). The van der Waals surface area contributed by atoms with Crippen molar-refractivity contribution in [2.75, 3.05) is 19.3 Å². The number of amides is 1. The Morgan fingerprint density at radius 2 is 1.95 bits per heavy atom. The molecule has 0 aliphatic carbocycles. The highest BCUT2D eigenvalue weighted by Crippen LogP contribution is 2.20. The van der Waals surface area contributed by atoms with Gasteiger partial charge in [-0.05, 0) is 30.5 Å². The van der Waals surface area contributed by atoms with Gasteiger partial charge in [0.1, 0.15) is 0 Å². The Morgan fingerprint density at radius 1 is 1.32 bits per heavy atom. The number of rotatable bonds is 7. The van der Waals surface area contributed by atoms with Crippen molar-refractivity contribution in [2.45, 2.75) is 31.2 Å². The van der Waals surface area contributed by atoms with Crippen LogP contribution in [0.2, 0.25) is 0 Å². The van der Waals surface area contributed by atoms with E-state index in [-0.39, 0.29) is 30.1 Å². The monoisotopic (exact) mass is 352 g/mol. The summed E-state index contributed by atoms with van der Waals surface area (Å²) in [5.74, 6) is -1.27. The first-order valence-corrected chi connectivity index (χ1v) is 7.87. The molecule has 1 aromatic carbocycles. The molecule has 0 spiro atoms. The van der Waals surface area contributed by atoms with E-state index in [1.54, 1.807) is 11.9 Å². The average Bonchev–Trinajstić information content (AvgIpc) is 2.44. The summed E-state index contributed by atoms with van der Waals surface area (Å²) < 4.78 is 25.8. The summed E-state index contributed by atoms with van der Waals surface area (Å²) in [5, 5.41) is 0. The van der Waals surface area contributed by atoms with Crippen LogP contribution in [-0.4, -0.2) is 36.2 Å². The van der Waals surface area contributed by atoms with Crippen molar-refractivity contribution in [2.24, 2.45) is 11.7 Å². The van der Waals surface area contributed by atoms with Crippen LogP contribution >= 0.6 is 24.2 Å². The van der Waals surface area contributed by atoms with E-state index in [0.717, 1.165) is 18.6 Å². The molecule has 0 radical (unpaired) electrons. The third kappa shape index (κ3) is 6.94. The molecular weight excluding hydrogens is 330 g/mol. The minimum absolute atomic E-state index is 0. The molecule has 0 aliphatic rings. The third-order valence-electron chi connectivity index (χ3n) is 3.33. The number of thioether (sulfide) groups is 1. The van der Waals surface area contributed by atoms with Crippen LogP contribution in [0.1, 0.15) is 20.3 Å². The van der Waals surface area contributed by atoms with Crippen LogP contribution in [-0.2, 0) is 4.79 Å². The zero-order valence-corrected chi connectivity index (χ0v) is 14.6. The quantitative estimate of drug-likeness (QED) is 0.766. The van der Waals surface area contributed by atoms with Crippen molar-refractivity contribution in [3.05, 3.63) is 29.8 Å². The molecule has 0 heterocycles. The van der Waals surface area contributed by atoms with E-state index in [1.165, 1.54) is 17.8 Å². The first-order chi connectivity index (χ1) is 9.81. The van der Waals surface area contributed by atoms with Crippen LogP contribution in [0.3, 0.4) is 0 Å². The Bertz CT molecular complexity index is 489. The largest absolute Gasteiger partial charge is 0.345 e. The molecule has 0 saturated heterocycles. The Morgan fingerprint density at radius 3 is 2.50 bits per heavy atom. The maximum absolute atomic E-state index is 13.0. The predicted octanol–water partition coefficient (Wildman–Crippen LogP) is 3.31. The highest BCUT2D eigenvalue weighted by molar-refractivity contribution is 8.00.